The SMILES string of the molecule is CN(C)CCCNC(=O)c1cc(CNC(=O)c2ccccc2)c[nH]1. The van der Waals surface area contributed by atoms with Gasteiger partial charge >= 0.3 is 0 Å². The van der Waals surface area contributed by atoms with Crippen LogP contribution in [0.25, 0.3) is 0 Å². The third kappa shape index (κ3) is 5.55. The zero-order valence-electron chi connectivity index (χ0n) is 14.1. The average molecular weight is 328 g/mol. The number of aromatic nitrogens is 1. The molecule has 128 valence electrons. The van der Waals surface area contributed by atoms with Crippen LogP contribution in [0.4, 0.5) is 0 Å². The van der Waals surface area contributed by atoms with E-state index in [0.29, 0.717) is 24.3 Å². The fourth-order valence-corrected chi connectivity index (χ4v) is 2.24. The summed E-state index contributed by atoms with van der Waals surface area (Å²) < 4.78 is 0. The summed E-state index contributed by atoms with van der Waals surface area (Å²) in [5.74, 6) is -0.263. The maximum Gasteiger partial charge on any atom is 0.267 e. The molecule has 0 radical (unpaired) electrons. The normalized spacial score (nSPS) is 10.6. The fourth-order valence-electron chi connectivity index (χ4n) is 2.24. The minimum atomic E-state index is -0.133. The first-order valence-electron chi connectivity index (χ1n) is 7.99. The van der Waals surface area contributed by atoms with Crippen molar-refractivity contribution in [1.29, 1.82) is 0 Å². The van der Waals surface area contributed by atoms with Gasteiger partial charge in [0, 0.05) is 24.8 Å². The molecule has 1 aromatic heterocycles. The van der Waals surface area contributed by atoms with E-state index in [0.717, 1.165) is 18.5 Å². The lowest BCUT2D eigenvalue weighted by atomic mass is 10.2. The number of rotatable bonds is 8. The second kappa shape index (κ2) is 8.88. The molecule has 0 bridgehead atoms. The molecule has 0 saturated heterocycles. The van der Waals surface area contributed by atoms with Gasteiger partial charge in [0.05, 0.1) is 0 Å². The number of hydrogen-bond acceptors (Lipinski definition) is 3. The summed E-state index contributed by atoms with van der Waals surface area (Å²) in [5.41, 5.74) is 1.98. The molecule has 2 rings (SSSR count). The van der Waals surface area contributed by atoms with Crippen molar-refractivity contribution in [3.05, 3.63) is 59.4 Å². The van der Waals surface area contributed by atoms with Gasteiger partial charge in [0.1, 0.15) is 5.69 Å². The van der Waals surface area contributed by atoms with Crippen molar-refractivity contribution >= 4 is 11.8 Å². The standard InChI is InChI=1S/C18H24N4O2/c1-22(2)10-6-9-19-18(24)16-11-14(12-20-16)13-21-17(23)15-7-4-3-5-8-15/h3-5,7-8,11-12,20H,6,9-10,13H2,1-2H3,(H,19,24)(H,21,23). The van der Waals surface area contributed by atoms with E-state index in [-0.39, 0.29) is 11.8 Å². The lowest BCUT2D eigenvalue weighted by molar-refractivity contribution is 0.0942. The molecule has 2 aromatic rings. The topological polar surface area (TPSA) is 77.2 Å². The molecule has 2 amide bonds. The summed E-state index contributed by atoms with van der Waals surface area (Å²) in [6, 6.07) is 10.8. The fraction of sp³-hybridized carbons (Fsp3) is 0.333. The monoisotopic (exact) mass is 328 g/mol. The molecular weight excluding hydrogens is 304 g/mol. The summed E-state index contributed by atoms with van der Waals surface area (Å²) in [7, 11) is 4.01. The average Bonchev–Trinajstić information content (AvgIpc) is 3.06. The van der Waals surface area contributed by atoms with Gasteiger partial charge in [-0.25, -0.2) is 0 Å². The number of carbonyl (C=O) groups is 2. The Balaban J connectivity index is 1.78. The van der Waals surface area contributed by atoms with Crippen molar-refractivity contribution in [2.24, 2.45) is 0 Å². The maximum absolute atomic E-state index is 12.0. The van der Waals surface area contributed by atoms with Crippen LogP contribution in [0.1, 0.15) is 32.8 Å². The van der Waals surface area contributed by atoms with Crippen LogP contribution in [-0.4, -0.2) is 48.9 Å². The number of amides is 2. The van der Waals surface area contributed by atoms with Crippen molar-refractivity contribution in [3.8, 4) is 0 Å². The molecule has 1 heterocycles. The molecule has 0 fully saturated rings. The third-order valence-electron chi connectivity index (χ3n) is 3.54. The number of benzene rings is 1. The molecule has 0 atom stereocenters. The van der Waals surface area contributed by atoms with E-state index in [9.17, 15) is 9.59 Å². The van der Waals surface area contributed by atoms with Gasteiger partial charge in [-0.05, 0) is 50.8 Å². The van der Waals surface area contributed by atoms with Crippen molar-refractivity contribution < 1.29 is 9.59 Å². The molecule has 0 aliphatic heterocycles. The van der Waals surface area contributed by atoms with E-state index in [2.05, 4.69) is 20.5 Å². The number of H-pyrrole nitrogens is 1. The lowest BCUT2D eigenvalue weighted by Gasteiger charge is -2.09. The Morgan fingerprint density at radius 2 is 1.83 bits per heavy atom. The molecular formula is C18H24N4O2. The number of carbonyl (C=O) groups excluding carboxylic acids is 2. The molecule has 6 heteroatoms. The minimum absolute atomic E-state index is 0.130. The zero-order valence-corrected chi connectivity index (χ0v) is 14.1. The predicted octanol–water partition coefficient (Wildman–Crippen LogP) is 1.63. The van der Waals surface area contributed by atoms with Gasteiger partial charge in [0.25, 0.3) is 11.8 Å². The quantitative estimate of drug-likeness (QED) is 0.645. The number of nitrogens with one attached hydrogen (secondary N) is 3. The summed E-state index contributed by atoms with van der Waals surface area (Å²) in [6.45, 7) is 1.94. The first-order chi connectivity index (χ1) is 11.6. The molecule has 0 saturated carbocycles. The highest BCUT2D eigenvalue weighted by Crippen LogP contribution is 2.05. The number of aromatic amines is 1. The van der Waals surface area contributed by atoms with E-state index in [1.165, 1.54) is 0 Å². The molecule has 0 aliphatic carbocycles. The Morgan fingerprint density at radius 3 is 2.54 bits per heavy atom. The first kappa shape index (κ1) is 17.7. The molecule has 0 aliphatic rings. The van der Waals surface area contributed by atoms with Crippen LogP contribution in [-0.2, 0) is 6.54 Å². The van der Waals surface area contributed by atoms with Crippen LogP contribution in [0, 0.1) is 0 Å². The Labute approximate surface area is 142 Å². The highest BCUT2D eigenvalue weighted by Gasteiger charge is 2.09. The van der Waals surface area contributed by atoms with Crippen LogP contribution in [0.3, 0.4) is 0 Å². The molecule has 0 unspecified atom stereocenters. The summed E-state index contributed by atoms with van der Waals surface area (Å²) in [5, 5.41) is 5.71. The zero-order chi connectivity index (χ0) is 17.4. The van der Waals surface area contributed by atoms with Crippen molar-refractivity contribution in [1.82, 2.24) is 20.5 Å². The van der Waals surface area contributed by atoms with E-state index in [1.54, 1.807) is 24.4 Å². The van der Waals surface area contributed by atoms with Gasteiger partial charge in [0.15, 0.2) is 0 Å². The highest BCUT2D eigenvalue weighted by atomic mass is 16.2. The molecule has 24 heavy (non-hydrogen) atoms. The second-order valence-corrected chi connectivity index (χ2v) is 5.88. The van der Waals surface area contributed by atoms with Crippen molar-refractivity contribution in [3.63, 3.8) is 0 Å². The van der Waals surface area contributed by atoms with E-state index >= 15 is 0 Å². The van der Waals surface area contributed by atoms with E-state index < -0.39 is 0 Å². The van der Waals surface area contributed by atoms with Gasteiger partial charge in [-0.2, -0.15) is 0 Å². The summed E-state index contributed by atoms with van der Waals surface area (Å²) in [4.78, 5) is 29.0. The Morgan fingerprint density at radius 1 is 1.08 bits per heavy atom. The van der Waals surface area contributed by atoms with Crippen LogP contribution >= 0.6 is 0 Å². The molecule has 1 aromatic carbocycles. The minimum Gasteiger partial charge on any atom is -0.357 e. The Hall–Kier alpha value is -2.60. The Kier molecular flexibility index (Phi) is 6.57. The molecule has 6 nitrogen and oxygen atoms in total. The largest absolute Gasteiger partial charge is 0.357 e. The van der Waals surface area contributed by atoms with Crippen LogP contribution < -0.4 is 10.6 Å². The van der Waals surface area contributed by atoms with E-state index in [4.69, 9.17) is 0 Å². The summed E-state index contributed by atoms with van der Waals surface area (Å²) in [6.07, 6.45) is 2.64. The van der Waals surface area contributed by atoms with Crippen LogP contribution in [0.5, 0.6) is 0 Å². The van der Waals surface area contributed by atoms with Crippen LogP contribution in [0.15, 0.2) is 42.6 Å². The van der Waals surface area contributed by atoms with Crippen molar-refractivity contribution in [2.45, 2.75) is 13.0 Å². The van der Waals surface area contributed by atoms with Gasteiger partial charge in [-0.3, -0.25) is 9.59 Å². The van der Waals surface area contributed by atoms with Gasteiger partial charge in [-0.1, -0.05) is 18.2 Å². The van der Waals surface area contributed by atoms with Crippen LogP contribution in [0.2, 0.25) is 0 Å². The summed E-state index contributed by atoms with van der Waals surface area (Å²) >= 11 is 0. The van der Waals surface area contributed by atoms with Crippen molar-refractivity contribution in [2.75, 3.05) is 27.2 Å². The highest BCUT2D eigenvalue weighted by molar-refractivity contribution is 5.94. The molecule has 0 spiro atoms. The maximum atomic E-state index is 12.0. The predicted molar refractivity (Wildman–Crippen MR) is 93.9 cm³/mol. The first-order valence-corrected chi connectivity index (χ1v) is 7.99. The second-order valence-electron chi connectivity index (χ2n) is 5.88. The smallest absolute Gasteiger partial charge is 0.267 e. The van der Waals surface area contributed by atoms with Gasteiger partial charge in [0.2, 0.25) is 0 Å². The number of nitrogens with zero attached hydrogens (tertiary/aromatic N) is 1. The Bertz CT molecular complexity index is 665. The lowest BCUT2D eigenvalue weighted by Crippen LogP contribution is -2.27. The van der Waals surface area contributed by atoms with Gasteiger partial charge in [-0.15, -0.1) is 0 Å². The van der Waals surface area contributed by atoms with Gasteiger partial charge < -0.3 is 20.5 Å². The number of hydrogen-bond donors (Lipinski definition) is 3. The molecule has 3 N–H and O–H groups in total. The van der Waals surface area contributed by atoms with E-state index in [1.807, 2.05) is 32.3 Å². The third-order valence-corrected chi connectivity index (χ3v) is 3.54.